The summed E-state index contributed by atoms with van der Waals surface area (Å²) in [5.74, 6) is -0.0939. The number of ether oxygens (including phenoxy) is 3. The molecule has 0 radical (unpaired) electrons. The molecule has 1 N–H and O–H groups in total. The first-order valence-electron chi connectivity index (χ1n) is 9.15. The SMILES string of the molecule is CCc1ccc(NC(=O)c2nnc(COC(=O)c3cc(OC)ccc3OC)s2)cc1. The maximum atomic E-state index is 12.4. The Kier molecular flexibility index (Phi) is 6.97. The van der Waals surface area contributed by atoms with E-state index in [0.717, 1.165) is 17.8 Å². The molecule has 0 bridgehead atoms. The second kappa shape index (κ2) is 9.84. The van der Waals surface area contributed by atoms with Gasteiger partial charge in [-0.25, -0.2) is 4.79 Å². The highest BCUT2D eigenvalue weighted by Gasteiger charge is 2.18. The number of methoxy groups -OCH3 is 2. The van der Waals surface area contributed by atoms with Crippen LogP contribution in [0.5, 0.6) is 11.5 Å². The summed E-state index contributed by atoms with van der Waals surface area (Å²) in [4.78, 5) is 24.8. The van der Waals surface area contributed by atoms with Crippen LogP contribution in [0.25, 0.3) is 0 Å². The first-order valence-corrected chi connectivity index (χ1v) is 9.97. The molecule has 0 fully saturated rings. The average Bonchev–Trinajstić information content (AvgIpc) is 3.26. The molecule has 0 aliphatic carbocycles. The van der Waals surface area contributed by atoms with Crippen LogP contribution in [0, 0.1) is 0 Å². The molecule has 8 nitrogen and oxygen atoms in total. The normalized spacial score (nSPS) is 10.4. The molecule has 0 saturated heterocycles. The topological polar surface area (TPSA) is 99.6 Å². The fourth-order valence-electron chi connectivity index (χ4n) is 2.59. The van der Waals surface area contributed by atoms with Crippen LogP contribution >= 0.6 is 11.3 Å². The molecule has 0 aliphatic rings. The molecular formula is C21H21N3O5S. The molecule has 30 heavy (non-hydrogen) atoms. The maximum Gasteiger partial charge on any atom is 0.342 e. The van der Waals surface area contributed by atoms with Crippen molar-refractivity contribution < 1.29 is 23.8 Å². The average molecular weight is 427 g/mol. The van der Waals surface area contributed by atoms with E-state index in [4.69, 9.17) is 14.2 Å². The van der Waals surface area contributed by atoms with Gasteiger partial charge in [-0.1, -0.05) is 30.4 Å². The Morgan fingerprint density at radius 1 is 1.03 bits per heavy atom. The lowest BCUT2D eigenvalue weighted by atomic mass is 10.1. The van der Waals surface area contributed by atoms with Crippen LogP contribution in [-0.4, -0.2) is 36.3 Å². The minimum Gasteiger partial charge on any atom is -0.497 e. The summed E-state index contributed by atoms with van der Waals surface area (Å²) in [6, 6.07) is 12.4. The Hall–Kier alpha value is -3.46. The van der Waals surface area contributed by atoms with Crippen molar-refractivity contribution in [1.82, 2.24) is 10.2 Å². The van der Waals surface area contributed by atoms with Crippen molar-refractivity contribution in [3.05, 3.63) is 63.6 Å². The van der Waals surface area contributed by atoms with Crippen molar-refractivity contribution in [2.45, 2.75) is 20.0 Å². The second-order valence-electron chi connectivity index (χ2n) is 6.15. The van der Waals surface area contributed by atoms with Gasteiger partial charge >= 0.3 is 5.97 Å². The monoisotopic (exact) mass is 427 g/mol. The van der Waals surface area contributed by atoms with Crippen molar-refractivity contribution in [2.75, 3.05) is 19.5 Å². The predicted octanol–water partition coefficient (Wildman–Crippen LogP) is 3.73. The highest BCUT2D eigenvalue weighted by molar-refractivity contribution is 7.13. The van der Waals surface area contributed by atoms with Crippen molar-refractivity contribution in [3.8, 4) is 11.5 Å². The summed E-state index contributed by atoms with van der Waals surface area (Å²) < 4.78 is 15.6. The van der Waals surface area contributed by atoms with E-state index in [0.29, 0.717) is 22.2 Å². The third-order valence-corrected chi connectivity index (χ3v) is 5.13. The number of hydrogen-bond donors (Lipinski definition) is 1. The van der Waals surface area contributed by atoms with Crippen LogP contribution in [0.1, 0.15) is 37.7 Å². The zero-order valence-electron chi connectivity index (χ0n) is 16.8. The van der Waals surface area contributed by atoms with Crippen LogP contribution in [0.15, 0.2) is 42.5 Å². The zero-order valence-corrected chi connectivity index (χ0v) is 17.6. The minimum atomic E-state index is -0.594. The van der Waals surface area contributed by atoms with Gasteiger partial charge in [0.05, 0.1) is 14.2 Å². The Bertz CT molecular complexity index is 1030. The third-order valence-electron chi connectivity index (χ3n) is 4.23. The summed E-state index contributed by atoms with van der Waals surface area (Å²) in [6.07, 6.45) is 0.925. The van der Waals surface area contributed by atoms with Gasteiger partial charge in [0.1, 0.15) is 23.7 Å². The molecule has 0 spiro atoms. The summed E-state index contributed by atoms with van der Waals surface area (Å²) in [5, 5.41) is 11.2. The Labute approximate surface area is 177 Å². The van der Waals surface area contributed by atoms with Gasteiger partial charge in [0, 0.05) is 5.69 Å². The van der Waals surface area contributed by atoms with Gasteiger partial charge in [-0.2, -0.15) is 0 Å². The molecular weight excluding hydrogens is 406 g/mol. The number of aromatic nitrogens is 2. The first kappa shape index (κ1) is 21.3. The van der Waals surface area contributed by atoms with Crippen molar-refractivity contribution in [2.24, 2.45) is 0 Å². The Morgan fingerprint density at radius 3 is 2.47 bits per heavy atom. The Balaban J connectivity index is 1.61. The van der Waals surface area contributed by atoms with Gasteiger partial charge in [0.15, 0.2) is 5.01 Å². The fraction of sp³-hybridized carbons (Fsp3) is 0.238. The van der Waals surface area contributed by atoms with Crippen LogP contribution in [-0.2, 0) is 17.8 Å². The van der Waals surface area contributed by atoms with E-state index >= 15 is 0 Å². The van der Waals surface area contributed by atoms with Crippen molar-refractivity contribution in [3.63, 3.8) is 0 Å². The molecule has 3 rings (SSSR count). The lowest BCUT2D eigenvalue weighted by molar-refractivity contribution is 0.0467. The second-order valence-corrected chi connectivity index (χ2v) is 7.21. The molecule has 0 saturated carbocycles. The molecule has 0 unspecified atom stereocenters. The number of carbonyl (C=O) groups excluding carboxylic acids is 2. The number of nitrogens with one attached hydrogen (secondary N) is 1. The molecule has 3 aromatic rings. The van der Waals surface area contributed by atoms with Gasteiger partial charge in [-0.05, 0) is 42.3 Å². The van der Waals surface area contributed by atoms with Gasteiger partial charge in [-0.15, -0.1) is 10.2 Å². The predicted molar refractivity (Wildman–Crippen MR) is 112 cm³/mol. The summed E-state index contributed by atoms with van der Waals surface area (Å²) in [5.41, 5.74) is 2.08. The number of esters is 1. The highest BCUT2D eigenvalue weighted by atomic mass is 32.1. The third kappa shape index (κ3) is 5.12. The molecule has 0 atom stereocenters. The minimum absolute atomic E-state index is 0.116. The smallest absolute Gasteiger partial charge is 0.342 e. The molecule has 156 valence electrons. The molecule has 1 heterocycles. The van der Waals surface area contributed by atoms with Crippen LogP contribution in [0.4, 0.5) is 5.69 Å². The lowest BCUT2D eigenvalue weighted by Gasteiger charge is -2.09. The number of hydrogen-bond acceptors (Lipinski definition) is 8. The lowest BCUT2D eigenvalue weighted by Crippen LogP contribution is -2.11. The number of aryl methyl sites for hydroxylation is 1. The van der Waals surface area contributed by atoms with Gasteiger partial charge in [0.2, 0.25) is 5.01 Å². The number of anilines is 1. The molecule has 9 heteroatoms. The zero-order chi connectivity index (χ0) is 21.5. The van der Waals surface area contributed by atoms with E-state index in [1.54, 1.807) is 12.1 Å². The van der Waals surface area contributed by atoms with E-state index in [1.807, 2.05) is 24.3 Å². The van der Waals surface area contributed by atoms with Crippen LogP contribution < -0.4 is 14.8 Å². The van der Waals surface area contributed by atoms with Crippen LogP contribution in [0.2, 0.25) is 0 Å². The van der Waals surface area contributed by atoms with Crippen molar-refractivity contribution in [1.29, 1.82) is 0 Å². The summed E-state index contributed by atoms with van der Waals surface area (Å²) in [6.45, 7) is 1.95. The Morgan fingerprint density at radius 2 is 1.80 bits per heavy atom. The van der Waals surface area contributed by atoms with E-state index in [9.17, 15) is 9.59 Å². The molecule has 0 aliphatic heterocycles. The van der Waals surface area contributed by atoms with E-state index in [1.165, 1.54) is 25.8 Å². The summed E-state index contributed by atoms with van der Waals surface area (Å²) >= 11 is 1.06. The number of amides is 1. The molecule has 2 aromatic carbocycles. The van der Waals surface area contributed by atoms with Gasteiger partial charge in [-0.3, -0.25) is 4.79 Å². The van der Waals surface area contributed by atoms with E-state index in [-0.39, 0.29) is 23.1 Å². The van der Waals surface area contributed by atoms with Gasteiger partial charge < -0.3 is 19.5 Å². The number of rotatable bonds is 8. The maximum absolute atomic E-state index is 12.4. The number of carbonyl (C=O) groups is 2. The summed E-state index contributed by atoms with van der Waals surface area (Å²) in [7, 11) is 2.97. The first-order chi connectivity index (χ1) is 14.5. The largest absolute Gasteiger partial charge is 0.497 e. The number of nitrogens with zero attached hydrogens (tertiary/aromatic N) is 2. The fourth-order valence-corrected chi connectivity index (χ4v) is 3.24. The van der Waals surface area contributed by atoms with E-state index < -0.39 is 5.97 Å². The molecule has 1 aromatic heterocycles. The molecule has 1 amide bonds. The van der Waals surface area contributed by atoms with E-state index in [2.05, 4.69) is 22.4 Å². The van der Waals surface area contributed by atoms with Gasteiger partial charge in [0.25, 0.3) is 5.91 Å². The standard InChI is InChI=1S/C21H21N3O5S/c1-4-13-5-7-14(8-6-13)22-19(25)20-24-23-18(30-20)12-29-21(26)16-11-15(27-2)9-10-17(16)28-3/h5-11H,4,12H2,1-3H3,(H,22,25). The van der Waals surface area contributed by atoms with Crippen molar-refractivity contribution >= 4 is 28.9 Å². The quantitative estimate of drug-likeness (QED) is 0.547. The van der Waals surface area contributed by atoms with Crippen LogP contribution in [0.3, 0.4) is 0 Å². The number of benzene rings is 2. The highest BCUT2D eigenvalue weighted by Crippen LogP contribution is 2.25.